The van der Waals surface area contributed by atoms with Gasteiger partial charge in [-0.15, -0.1) is 0 Å². The summed E-state index contributed by atoms with van der Waals surface area (Å²) in [5.41, 5.74) is 2.21. The third-order valence-electron chi connectivity index (χ3n) is 4.18. The number of likely N-dealkylation sites (tertiary alicyclic amines) is 1. The van der Waals surface area contributed by atoms with E-state index in [1.165, 1.54) is 0 Å². The molecule has 0 unspecified atom stereocenters. The maximum Gasteiger partial charge on any atom is 0.410 e. The molecule has 1 fully saturated rings. The van der Waals surface area contributed by atoms with Crippen molar-refractivity contribution in [1.29, 1.82) is 0 Å². The maximum atomic E-state index is 12.2. The first-order chi connectivity index (χ1) is 11.6. The van der Waals surface area contributed by atoms with Gasteiger partial charge >= 0.3 is 6.09 Å². The molecule has 7 nitrogen and oxygen atoms in total. The van der Waals surface area contributed by atoms with Crippen LogP contribution >= 0.6 is 0 Å². The molecular weight excluding hydrogens is 320 g/mol. The molecule has 0 spiro atoms. The van der Waals surface area contributed by atoms with Gasteiger partial charge in [-0.2, -0.15) is 0 Å². The molecule has 0 aliphatic carbocycles. The monoisotopic (exact) mass is 346 g/mol. The fourth-order valence-electron chi connectivity index (χ4n) is 3.04. The average Bonchev–Trinajstić information content (AvgIpc) is 3.08. The van der Waals surface area contributed by atoms with E-state index in [0.29, 0.717) is 18.9 Å². The zero-order valence-electron chi connectivity index (χ0n) is 15.8. The van der Waals surface area contributed by atoms with Gasteiger partial charge in [0, 0.05) is 19.2 Å². The summed E-state index contributed by atoms with van der Waals surface area (Å²) in [4.78, 5) is 22.8. The fraction of sp³-hybridized carbons (Fsp3) is 0.611. The second-order valence-electron chi connectivity index (χ2n) is 7.62. The van der Waals surface area contributed by atoms with Crippen LogP contribution in [0.5, 0.6) is 5.75 Å². The second kappa shape index (κ2) is 6.20. The molecule has 3 rings (SSSR count). The number of carbonyl (C=O) groups excluding carboxylic acids is 1. The number of rotatable bonds is 2. The van der Waals surface area contributed by atoms with E-state index < -0.39 is 5.60 Å². The first-order valence-electron chi connectivity index (χ1n) is 8.61. The quantitative estimate of drug-likeness (QED) is 0.836. The third kappa shape index (κ3) is 3.70. The number of fused-ring (bicyclic) bond motifs is 1. The Hall–Kier alpha value is -2.31. The number of imidazole rings is 1. The molecule has 1 saturated heterocycles. The molecule has 1 atom stereocenters. The van der Waals surface area contributed by atoms with Crippen molar-refractivity contribution < 1.29 is 14.3 Å². The lowest BCUT2D eigenvalue weighted by Crippen LogP contribution is -2.36. The Morgan fingerprint density at radius 3 is 2.64 bits per heavy atom. The number of nitrogens with zero attached hydrogens (tertiary/aromatic N) is 4. The minimum atomic E-state index is -0.489. The summed E-state index contributed by atoms with van der Waals surface area (Å²) >= 11 is 0. The molecule has 1 aliphatic rings. The van der Waals surface area contributed by atoms with Crippen molar-refractivity contribution >= 4 is 11.9 Å². The minimum absolute atomic E-state index is 0.0613. The van der Waals surface area contributed by atoms with E-state index in [9.17, 15) is 4.79 Å². The zero-order chi connectivity index (χ0) is 18.4. The molecule has 25 heavy (non-hydrogen) atoms. The number of ether oxygens (including phenoxy) is 2. The van der Waals surface area contributed by atoms with E-state index in [-0.39, 0.29) is 12.2 Å². The van der Waals surface area contributed by atoms with Crippen LogP contribution in [-0.2, 0) is 4.74 Å². The highest BCUT2D eigenvalue weighted by Gasteiger charge is 2.31. The second-order valence-corrected chi connectivity index (χ2v) is 7.62. The van der Waals surface area contributed by atoms with Gasteiger partial charge in [-0.1, -0.05) is 0 Å². The average molecular weight is 346 g/mol. The molecule has 7 heteroatoms. The minimum Gasteiger partial charge on any atom is -0.485 e. The highest BCUT2D eigenvalue weighted by atomic mass is 16.6. The summed E-state index contributed by atoms with van der Waals surface area (Å²) in [6.07, 6.45) is 2.38. The van der Waals surface area contributed by atoms with Crippen LogP contribution in [0, 0.1) is 20.8 Å². The van der Waals surface area contributed by atoms with Crippen LogP contribution in [0.3, 0.4) is 0 Å². The summed E-state index contributed by atoms with van der Waals surface area (Å²) in [6.45, 7) is 12.6. The number of aromatic nitrogens is 3. The van der Waals surface area contributed by atoms with Gasteiger partial charge in [-0.05, 0) is 41.5 Å². The third-order valence-corrected chi connectivity index (χ3v) is 4.18. The highest BCUT2D eigenvalue weighted by Crippen LogP contribution is 2.27. The van der Waals surface area contributed by atoms with E-state index >= 15 is 0 Å². The lowest BCUT2D eigenvalue weighted by atomic mass is 10.2. The molecule has 1 amide bonds. The van der Waals surface area contributed by atoms with Crippen LogP contribution in [0.15, 0.2) is 6.20 Å². The van der Waals surface area contributed by atoms with Gasteiger partial charge in [-0.3, -0.25) is 4.40 Å². The Morgan fingerprint density at radius 2 is 1.96 bits per heavy atom. The van der Waals surface area contributed by atoms with Gasteiger partial charge in [0.25, 0.3) is 0 Å². The van der Waals surface area contributed by atoms with Crippen LogP contribution in [-0.4, -0.2) is 50.2 Å². The Labute approximate surface area is 148 Å². The first-order valence-corrected chi connectivity index (χ1v) is 8.61. The molecule has 0 radical (unpaired) electrons. The van der Waals surface area contributed by atoms with Gasteiger partial charge in [0.15, 0.2) is 5.75 Å². The maximum absolute atomic E-state index is 12.2. The van der Waals surface area contributed by atoms with Crippen LogP contribution < -0.4 is 4.74 Å². The number of amides is 1. The largest absolute Gasteiger partial charge is 0.485 e. The van der Waals surface area contributed by atoms with Crippen molar-refractivity contribution in [3.8, 4) is 5.75 Å². The predicted molar refractivity (Wildman–Crippen MR) is 94.0 cm³/mol. The van der Waals surface area contributed by atoms with Crippen molar-refractivity contribution in [3.05, 3.63) is 23.3 Å². The molecule has 136 valence electrons. The molecule has 0 N–H and O–H groups in total. The van der Waals surface area contributed by atoms with Gasteiger partial charge in [0.2, 0.25) is 5.78 Å². The SMILES string of the molecule is Cc1cn2c(C)c(O[C@@H]3CCN(C(=O)OC(C)(C)C)C3)c(C)nc2n1. The molecule has 2 aromatic rings. The number of hydrogen-bond acceptors (Lipinski definition) is 5. The van der Waals surface area contributed by atoms with Gasteiger partial charge in [0.1, 0.15) is 11.7 Å². The van der Waals surface area contributed by atoms with Crippen LogP contribution in [0.25, 0.3) is 5.78 Å². The van der Waals surface area contributed by atoms with E-state index in [2.05, 4.69) is 9.97 Å². The summed E-state index contributed by atoms with van der Waals surface area (Å²) in [5, 5.41) is 0. The summed E-state index contributed by atoms with van der Waals surface area (Å²) < 4.78 is 13.6. The molecule has 0 saturated carbocycles. The van der Waals surface area contributed by atoms with Crippen molar-refractivity contribution in [2.75, 3.05) is 13.1 Å². The Morgan fingerprint density at radius 1 is 1.24 bits per heavy atom. The lowest BCUT2D eigenvalue weighted by molar-refractivity contribution is 0.0275. The van der Waals surface area contributed by atoms with E-state index in [1.807, 2.05) is 52.1 Å². The van der Waals surface area contributed by atoms with E-state index in [0.717, 1.165) is 29.3 Å². The van der Waals surface area contributed by atoms with Gasteiger partial charge in [-0.25, -0.2) is 14.8 Å². The normalized spacial score (nSPS) is 18.0. The summed E-state index contributed by atoms with van der Waals surface area (Å²) in [5.74, 6) is 1.45. The van der Waals surface area contributed by atoms with Gasteiger partial charge < -0.3 is 14.4 Å². The van der Waals surface area contributed by atoms with Crippen LogP contribution in [0.2, 0.25) is 0 Å². The standard InChI is InChI=1S/C18H26N4O3/c1-11-9-22-13(3)15(12(2)20-16(22)19-11)24-14-7-8-21(10-14)17(23)25-18(4,5)6/h9,14H,7-8,10H2,1-6H3/t14-/m1/s1. The molecular formula is C18H26N4O3. The number of hydrogen-bond donors (Lipinski definition) is 0. The Bertz CT molecular complexity index is 807. The first kappa shape index (κ1) is 17.5. The predicted octanol–water partition coefficient (Wildman–Crippen LogP) is 3.04. The van der Waals surface area contributed by atoms with Crippen molar-refractivity contribution in [2.45, 2.75) is 59.7 Å². The highest BCUT2D eigenvalue weighted by molar-refractivity contribution is 5.68. The topological polar surface area (TPSA) is 69.0 Å². The van der Waals surface area contributed by atoms with E-state index in [1.54, 1.807) is 4.90 Å². The number of carbonyl (C=O) groups is 1. The molecule has 1 aliphatic heterocycles. The Balaban J connectivity index is 1.73. The molecule has 3 heterocycles. The molecule has 2 aromatic heterocycles. The smallest absolute Gasteiger partial charge is 0.410 e. The van der Waals surface area contributed by atoms with Gasteiger partial charge in [0.05, 0.1) is 23.6 Å². The van der Waals surface area contributed by atoms with E-state index in [4.69, 9.17) is 9.47 Å². The zero-order valence-corrected chi connectivity index (χ0v) is 15.8. The summed E-state index contributed by atoms with van der Waals surface area (Å²) in [7, 11) is 0. The number of aryl methyl sites for hydroxylation is 3. The van der Waals surface area contributed by atoms with Crippen LogP contribution in [0.4, 0.5) is 4.79 Å². The molecule has 0 aromatic carbocycles. The lowest BCUT2D eigenvalue weighted by Gasteiger charge is -2.24. The van der Waals surface area contributed by atoms with Crippen molar-refractivity contribution in [1.82, 2.24) is 19.3 Å². The van der Waals surface area contributed by atoms with Crippen LogP contribution in [0.1, 0.15) is 44.3 Å². The fourth-order valence-corrected chi connectivity index (χ4v) is 3.04. The molecule has 0 bridgehead atoms. The summed E-state index contributed by atoms with van der Waals surface area (Å²) in [6, 6.07) is 0. The van der Waals surface area contributed by atoms with Crippen molar-refractivity contribution in [3.63, 3.8) is 0 Å². The van der Waals surface area contributed by atoms with Crippen molar-refractivity contribution in [2.24, 2.45) is 0 Å². The Kier molecular flexibility index (Phi) is 4.34.